The third-order valence-electron chi connectivity index (χ3n) is 2.56. The molecule has 0 spiro atoms. The van der Waals surface area contributed by atoms with E-state index >= 15 is 0 Å². The molecule has 2 heteroatoms. The minimum Gasteiger partial charge on any atom is -0.270 e. The van der Waals surface area contributed by atoms with Crippen LogP contribution < -0.4 is 0 Å². The highest BCUT2D eigenvalue weighted by molar-refractivity contribution is 5.05. The van der Waals surface area contributed by atoms with Crippen molar-refractivity contribution in [2.24, 2.45) is 11.8 Å². The van der Waals surface area contributed by atoms with Crippen LogP contribution >= 0.6 is 0 Å². The molecule has 0 bridgehead atoms. The molecule has 15 heavy (non-hydrogen) atoms. The van der Waals surface area contributed by atoms with Gasteiger partial charge in [-0.25, -0.2) is 0 Å². The van der Waals surface area contributed by atoms with E-state index < -0.39 is 0 Å². The lowest BCUT2D eigenvalue weighted by atomic mass is 10.1. The second kappa shape index (κ2) is 5.34. The van der Waals surface area contributed by atoms with Crippen molar-refractivity contribution in [3.8, 4) is 0 Å². The minimum atomic E-state index is 0.519. The highest BCUT2D eigenvalue weighted by atomic mass is 15.3. The van der Waals surface area contributed by atoms with E-state index in [-0.39, 0.29) is 0 Å². The van der Waals surface area contributed by atoms with Crippen LogP contribution in [0.15, 0.2) is 12.4 Å². The third-order valence-corrected chi connectivity index (χ3v) is 2.56. The molecule has 0 radical (unpaired) electrons. The first-order valence-corrected chi connectivity index (χ1v) is 6.02. The van der Waals surface area contributed by atoms with E-state index in [4.69, 9.17) is 0 Å². The Bertz CT molecular complexity index is 286. The predicted molar refractivity (Wildman–Crippen MR) is 64.9 cm³/mol. The van der Waals surface area contributed by atoms with Crippen LogP contribution in [0.3, 0.4) is 0 Å². The zero-order valence-corrected chi connectivity index (χ0v) is 10.7. The van der Waals surface area contributed by atoms with Gasteiger partial charge < -0.3 is 0 Å². The van der Waals surface area contributed by atoms with Crippen molar-refractivity contribution >= 4 is 0 Å². The van der Waals surface area contributed by atoms with Gasteiger partial charge >= 0.3 is 0 Å². The maximum atomic E-state index is 4.44. The van der Waals surface area contributed by atoms with Gasteiger partial charge in [0.1, 0.15) is 0 Å². The number of hydrogen-bond donors (Lipinski definition) is 0. The highest BCUT2D eigenvalue weighted by Crippen LogP contribution is 2.17. The molecule has 1 atom stereocenters. The molecule has 0 saturated heterocycles. The Morgan fingerprint density at radius 3 is 2.33 bits per heavy atom. The Balaban J connectivity index is 2.58. The van der Waals surface area contributed by atoms with Crippen molar-refractivity contribution in [1.29, 1.82) is 0 Å². The summed E-state index contributed by atoms with van der Waals surface area (Å²) in [6, 6.07) is 0.519. The minimum absolute atomic E-state index is 0.519. The van der Waals surface area contributed by atoms with E-state index in [0.717, 1.165) is 12.3 Å². The fraction of sp³-hybridized carbons (Fsp3) is 0.769. The van der Waals surface area contributed by atoms with Gasteiger partial charge in [-0.1, -0.05) is 27.7 Å². The van der Waals surface area contributed by atoms with E-state index in [1.54, 1.807) is 0 Å². The van der Waals surface area contributed by atoms with E-state index in [0.29, 0.717) is 12.0 Å². The molecule has 1 aromatic rings. The molecule has 1 heterocycles. The van der Waals surface area contributed by atoms with Gasteiger partial charge in [-0.2, -0.15) is 5.10 Å². The molecule has 0 unspecified atom stereocenters. The number of aromatic nitrogens is 2. The first-order chi connectivity index (χ1) is 6.99. The van der Waals surface area contributed by atoms with Crippen LogP contribution in [0.1, 0.15) is 52.6 Å². The normalized spacial score (nSPS) is 13.8. The van der Waals surface area contributed by atoms with Gasteiger partial charge in [-0.3, -0.25) is 4.68 Å². The van der Waals surface area contributed by atoms with E-state index in [9.17, 15) is 0 Å². The molecule has 0 aliphatic rings. The molecular weight excluding hydrogens is 184 g/mol. The standard InChI is InChI=1S/C13H24N2/c1-10(2)6-12(5)15-9-13(8-14-15)7-11(3)4/h8-12H,6-7H2,1-5H3/t12-/m0/s1. The number of hydrogen-bond acceptors (Lipinski definition) is 1. The number of nitrogens with zero attached hydrogens (tertiary/aromatic N) is 2. The molecule has 0 aliphatic heterocycles. The van der Waals surface area contributed by atoms with Crippen LogP contribution in [0.4, 0.5) is 0 Å². The van der Waals surface area contributed by atoms with Gasteiger partial charge in [-0.05, 0) is 37.2 Å². The lowest BCUT2D eigenvalue weighted by Crippen LogP contribution is -2.08. The van der Waals surface area contributed by atoms with Crippen molar-refractivity contribution in [2.45, 2.75) is 53.5 Å². The largest absolute Gasteiger partial charge is 0.270 e. The van der Waals surface area contributed by atoms with E-state index in [1.807, 2.05) is 6.20 Å². The molecule has 0 amide bonds. The van der Waals surface area contributed by atoms with Gasteiger partial charge in [-0.15, -0.1) is 0 Å². The summed E-state index contributed by atoms with van der Waals surface area (Å²) in [7, 11) is 0. The molecule has 1 aromatic heterocycles. The molecule has 1 rings (SSSR count). The Kier molecular flexibility index (Phi) is 4.37. The summed E-state index contributed by atoms with van der Waals surface area (Å²) in [5.41, 5.74) is 1.36. The van der Waals surface area contributed by atoms with Gasteiger partial charge in [0.15, 0.2) is 0 Å². The smallest absolute Gasteiger partial charge is 0.0521 e. The van der Waals surface area contributed by atoms with Gasteiger partial charge in [0, 0.05) is 12.2 Å². The Hall–Kier alpha value is -0.790. The van der Waals surface area contributed by atoms with Gasteiger partial charge in [0.25, 0.3) is 0 Å². The number of rotatable bonds is 5. The van der Waals surface area contributed by atoms with Gasteiger partial charge in [0.2, 0.25) is 0 Å². The van der Waals surface area contributed by atoms with Gasteiger partial charge in [0.05, 0.1) is 6.20 Å². The summed E-state index contributed by atoms with van der Waals surface area (Å²) in [6.07, 6.45) is 6.54. The SMILES string of the molecule is CC(C)Cc1cnn([C@@H](C)CC(C)C)c1. The van der Waals surface area contributed by atoms with Crippen LogP contribution in [0, 0.1) is 11.8 Å². The lowest BCUT2D eigenvalue weighted by molar-refractivity contribution is 0.398. The second-order valence-corrected chi connectivity index (χ2v) is 5.41. The van der Waals surface area contributed by atoms with Crippen LogP contribution in [0.5, 0.6) is 0 Å². The van der Waals surface area contributed by atoms with Crippen LogP contribution in [0.2, 0.25) is 0 Å². The summed E-state index contributed by atoms with van der Waals surface area (Å²) < 4.78 is 2.11. The quantitative estimate of drug-likeness (QED) is 0.721. The topological polar surface area (TPSA) is 17.8 Å². The second-order valence-electron chi connectivity index (χ2n) is 5.41. The molecule has 0 N–H and O–H groups in total. The van der Waals surface area contributed by atoms with Crippen LogP contribution in [-0.4, -0.2) is 9.78 Å². The average molecular weight is 208 g/mol. The van der Waals surface area contributed by atoms with Crippen LogP contribution in [-0.2, 0) is 6.42 Å². The molecule has 0 saturated carbocycles. The lowest BCUT2D eigenvalue weighted by Gasteiger charge is -2.14. The van der Waals surface area contributed by atoms with Crippen molar-refractivity contribution in [3.05, 3.63) is 18.0 Å². The predicted octanol–water partition coefficient (Wildman–Crippen LogP) is 3.69. The average Bonchev–Trinajstić information content (AvgIpc) is 2.50. The summed E-state index contributed by atoms with van der Waals surface area (Å²) in [5, 5.41) is 4.44. The van der Waals surface area contributed by atoms with Crippen molar-refractivity contribution in [3.63, 3.8) is 0 Å². The summed E-state index contributed by atoms with van der Waals surface area (Å²) in [5.74, 6) is 1.45. The Morgan fingerprint density at radius 1 is 1.13 bits per heavy atom. The van der Waals surface area contributed by atoms with E-state index in [2.05, 4.69) is 50.6 Å². The molecular formula is C13H24N2. The first-order valence-electron chi connectivity index (χ1n) is 6.02. The molecule has 0 aliphatic carbocycles. The molecule has 0 aromatic carbocycles. The maximum absolute atomic E-state index is 4.44. The molecule has 86 valence electrons. The molecule has 2 nitrogen and oxygen atoms in total. The highest BCUT2D eigenvalue weighted by Gasteiger charge is 2.09. The Morgan fingerprint density at radius 2 is 1.80 bits per heavy atom. The van der Waals surface area contributed by atoms with Crippen molar-refractivity contribution < 1.29 is 0 Å². The maximum Gasteiger partial charge on any atom is 0.0521 e. The third kappa shape index (κ3) is 4.06. The Labute approximate surface area is 93.7 Å². The van der Waals surface area contributed by atoms with Crippen molar-refractivity contribution in [2.75, 3.05) is 0 Å². The summed E-state index contributed by atoms with van der Waals surface area (Å²) >= 11 is 0. The first kappa shape index (κ1) is 12.3. The summed E-state index contributed by atoms with van der Waals surface area (Å²) in [6.45, 7) is 11.2. The van der Waals surface area contributed by atoms with Crippen LogP contribution in [0.25, 0.3) is 0 Å². The van der Waals surface area contributed by atoms with Crippen molar-refractivity contribution in [1.82, 2.24) is 9.78 Å². The summed E-state index contributed by atoms with van der Waals surface area (Å²) in [4.78, 5) is 0. The fourth-order valence-electron chi connectivity index (χ4n) is 1.99. The zero-order chi connectivity index (χ0) is 11.4. The van der Waals surface area contributed by atoms with E-state index in [1.165, 1.54) is 12.0 Å². The molecule has 0 fully saturated rings. The monoisotopic (exact) mass is 208 g/mol. The zero-order valence-electron chi connectivity index (χ0n) is 10.7. The fourth-order valence-corrected chi connectivity index (χ4v) is 1.99.